The fourth-order valence-corrected chi connectivity index (χ4v) is 5.04. The largest absolute Gasteiger partial charge is 0.460 e. The maximum Gasteiger partial charge on any atom is 0.333 e. The molecule has 2 bridgehead atoms. The molecule has 4 heteroatoms. The van der Waals surface area contributed by atoms with Gasteiger partial charge >= 0.3 is 5.97 Å². The van der Waals surface area contributed by atoms with Crippen molar-refractivity contribution in [3.05, 3.63) is 12.2 Å². The Hall–Kier alpha value is -1.32. The van der Waals surface area contributed by atoms with Gasteiger partial charge in [0.15, 0.2) is 0 Å². The lowest BCUT2D eigenvalue weighted by molar-refractivity contribution is -0.140. The topological polar surface area (TPSA) is 55.4 Å². The van der Waals surface area contributed by atoms with Crippen LogP contribution in [0.1, 0.15) is 45.4 Å². The molecular weight excluding hydrogens is 266 g/mol. The van der Waals surface area contributed by atoms with E-state index in [2.05, 4.69) is 11.9 Å². The first-order chi connectivity index (χ1) is 10.0. The van der Waals surface area contributed by atoms with Crippen molar-refractivity contribution in [1.82, 2.24) is 5.32 Å². The molecule has 21 heavy (non-hydrogen) atoms. The molecule has 0 radical (unpaired) electrons. The van der Waals surface area contributed by atoms with Crippen molar-refractivity contribution in [2.75, 3.05) is 13.2 Å². The molecule has 0 aromatic carbocycles. The number of hydrogen-bond acceptors (Lipinski definition) is 3. The van der Waals surface area contributed by atoms with Crippen LogP contribution >= 0.6 is 0 Å². The molecule has 0 aromatic heterocycles. The molecule has 4 nitrogen and oxygen atoms in total. The summed E-state index contributed by atoms with van der Waals surface area (Å²) >= 11 is 0. The number of fused-ring (bicyclic) bond motifs is 5. The number of carbonyl (C=O) groups is 2. The lowest BCUT2D eigenvalue weighted by Gasteiger charge is -2.34. The zero-order chi connectivity index (χ0) is 15.0. The van der Waals surface area contributed by atoms with Crippen molar-refractivity contribution >= 4 is 11.9 Å². The summed E-state index contributed by atoms with van der Waals surface area (Å²) in [5.74, 6) is 2.00. The first-order valence-corrected chi connectivity index (χ1v) is 8.15. The summed E-state index contributed by atoms with van der Waals surface area (Å²) < 4.78 is 5.03. The number of esters is 1. The van der Waals surface area contributed by atoms with Crippen LogP contribution in [0.3, 0.4) is 0 Å². The van der Waals surface area contributed by atoms with Gasteiger partial charge in [-0.3, -0.25) is 4.79 Å². The molecule has 1 amide bonds. The van der Waals surface area contributed by atoms with E-state index in [0.29, 0.717) is 18.0 Å². The van der Waals surface area contributed by atoms with Gasteiger partial charge in [0.2, 0.25) is 5.91 Å². The number of nitrogens with one attached hydrogen (secondary N) is 1. The van der Waals surface area contributed by atoms with Gasteiger partial charge in [0, 0.05) is 5.57 Å². The van der Waals surface area contributed by atoms with E-state index in [1.54, 1.807) is 6.92 Å². The zero-order valence-corrected chi connectivity index (χ0v) is 12.8. The van der Waals surface area contributed by atoms with Gasteiger partial charge in [-0.1, -0.05) is 13.0 Å². The van der Waals surface area contributed by atoms with Crippen molar-refractivity contribution in [3.8, 4) is 0 Å². The van der Waals surface area contributed by atoms with Gasteiger partial charge in [-0.2, -0.15) is 0 Å². The first-order valence-electron chi connectivity index (χ1n) is 8.15. The molecule has 0 spiro atoms. The maximum atomic E-state index is 12.7. The predicted octanol–water partition coefficient (Wildman–Crippen LogP) is 2.44. The van der Waals surface area contributed by atoms with Gasteiger partial charge in [0.05, 0.1) is 12.0 Å². The highest BCUT2D eigenvalue weighted by molar-refractivity contribution is 5.87. The molecular formula is C17H25NO3. The minimum atomic E-state index is -0.389. The van der Waals surface area contributed by atoms with Gasteiger partial charge in [-0.25, -0.2) is 4.79 Å². The standard InChI is InChI=1S/C17H25NO3/c1-11(2)15(19)21-9-8-18-16(20)17-7-6-12(10-17)13-4-3-5-14(13)17/h12-14H,1,3-10H2,2H3,(H,18,20). The lowest BCUT2D eigenvalue weighted by Crippen LogP contribution is -2.44. The number of ether oxygens (including phenoxy) is 1. The second-order valence-electron chi connectivity index (χ2n) is 7.03. The minimum Gasteiger partial charge on any atom is -0.460 e. The van der Waals surface area contributed by atoms with Crippen LogP contribution in [0.25, 0.3) is 0 Å². The normalized spacial score (nSPS) is 36.3. The Kier molecular flexibility index (Phi) is 3.80. The number of hydrogen-bond donors (Lipinski definition) is 1. The maximum absolute atomic E-state index is 12.7. The summed E-state index contributed by atoms with van der Waals surface area (Å²) in [6.07, 6.45) is 7.19. The van der Waals surface area contributed by atoms with Crippen LogP contribution in [0, 0.1) is 23.2 Å². The summed E-state index contributed by atoms with van der Waals surface area (Å²) in [4.78, 5) is 24.0. The van der Waals surface area contributed by atoms with Crippen LogP contribution in [0.15, 0.2) is 12.2 Å². The zero-order valence-electron chi connectivity index (χ0n) is 12.8. The smallest absolute Gasteiger partial charge is 0.333 e. The summed E-state index contributed by atoms with van der Waals surface area (Å²) in [7, 11) is 0. The van der Waals surface area contributed by atoms with E-state index in [9.17, 15) is 9.59 Å². The Bertz CT molecular complexity index is 473. The summed E-state index contributed by atoms with van der Waals surface area (Å²) in [6.45, 7) is 5.79. The SMILES string of the molecule is C=C(C)C(=O)OCCNC(=O)C12CCC(C1)C1CCCC12. The highest BCUT2D eigenvalue weighted by Gasteiger charge is 2.62. The first kappa shape index (κ1) is 14.6. The molecule has 0 aromatic rings. The monoisotopic (exact) mass is 291 g/mol. The highest BCUT2D eigenvalue weighted by atomic mass is 16.5. The van der Waals surface area contributed by atoms with E-state index >= 15 is 0 Å². The molecule has 0 saturated heterocycles. The number of amides is 1. The summed E-state index contributed by atoms with van der Waals surface area (Å²) in [5, 5.41) is 3.00. The van der Waals surface area contributed by atoms with Crippen molar-refractivity contribution in [2.45, 2.75) is 45.4 Å². The third-order valence-electron chi connectivity index (χ3n) is 5.89. The molecule has 1 N–H and O–H groups in total. The number of rotatable bonds is 5. The lowest BCUT2D eigenvalue weighted by atomic mass is 9.71. The van der Waals surface area contributed by atoms with E-state index in [-0.39, 0.29) is 23.9 Å². The molecule has 4 unspecified atom stereocenters. The van der Waals surface area contributed by atoms with Crippen LogP contribution in [0.2, 0.25) is 0 Å². The second kappa shape index (κ2) is 5.47. The van der Waals surface area contributed by atoms with Gasteiger partial charge in [-0.15, -0.1) is 0 Å². The van der Waals surface area contributed by atoms with Crippen LogP contribution in [-0.4, -0.2) is 25.0 Å². The van der Waals surface area contributed by atoms with Gasteiger partial charge < -0.3 is 10.1 Å². The van der Waals surface area contributed by atoms with E-state index in [1.807, 2.05) is 0 Å². The molecule has 3 aliphatic carbocycles. The van der Waals surface area contributed by atoms with Gasteiger partial charge in [-0.05, 0) is 56.8 Å². The van der Waals surface area contributed by atoms with E-state index in [4.69, 9.17) is 4.74 Å². The molecule has 116 valence electrons. The average molecular weight is 291 g/mol. The quantitative estimate of drug-likeness (QED) is 0.481. The van der Waals surface area contributed by atoms with Crippen LogP contribution in [0.5, 0.6) is 0 Å². The van der Waals surface area contributed by atoms with E-state index < -0.39 is 0 Å². The summed E-state index contributed by atoms with van der Waals surface area (Å²) in [5.41, 5.74) is 0.285. The Morgan fingerprint density at radius 3 is 2.90 bits per heavy atom. The fourth-order valence-electron chi connectivity index (χ4n) is 5.04. The molecule has 3 aliphatic rings. The van der Waals surface area contributed by atoms with E-state index in [1.165, 1.54) is 25.7 Å². The molecule has 0 aliphatic heterocycles. The highest BCUT2D eigenvalue weighted by Crippen LogP contribution is 2.65. The van der Waals surface area contributed by atoms with Gasteiger partial charge in [0.25, 0.3) is 0 Å². The Balaban J connectivity index is 1.52. The number of carbonyl (C=O) groups excluding carboxylic acids is 2. The molecule has 0 heterocycles. The minimum absolute atomic E-state index is 0.107. The summed E-state index contributed by atoms with van der Waals surface area (Å²) in [6, 6.07) is 0. The second-order valence-corrected chi connectivity index (χ2v) is 7.03. The van der Waals surface area contributed by atoms with Gasteiger partial charge in [0.1, 0.15) is 6.61 Å². The van der Waals surface area contributed by atoms with Crippen molar-refractivity contribution in [2.24, 2.45) is 23.2 Å². The average Bonchev–Trinajstić information content (AvgIpc) is 3.13. The van der Waals surface area contributed by atoms with Crippen molar-refractivity contribution in [3.63, 3.8) is 0 Å². The molecule has 3 rings (SSSR count). The van der Waals surface area contributed by atoms with Crippen LogP contribution in [-0.2, 0) is 14.3 Å². The predicted molar refractivity (Wildman–Crippen MR) is 79.4 cm³/mol. The van der Waals surface area contributed by atoms with Crippen LogP contribution in [0.4, 0.5) is 0 Å². The van der Waals surface area contributed by atoms with Crippen LogP contribution < -0.4 is 5.32 Å². The Labute approximate surface area is 126 Å². The molecule has 4 atom stereocenters. The van der Waals surface area contributed by atoms with Crippen molar-refractivity contribution in [1.29, 1.82) is 0 Å². The Morgan fingerprint density at radius 1 is 1.33 bits per heavy atom. The third-order valence-corrected chi connectivity index (χ3v) is 5.89. The molecule has 3 saturated carbocycles. The van der Waals surface area contributed by atoms with E-state index in [0.717, 1.165) is 24.7 Å². The third kappa shape index (κ3) is 2.39. The van der Waals surface area contributed by atoms with Crippen molar-refractivity contribution < 1.29 is 14.3 Å². The Morgan fingerprint density at radius 2 is 2.14 bits per heavy atom. The fraction of sp³-hybridized carbons (Fsp3) is 0.765. The molecule has 3 fully saturated rings.